The van der Waals surface area contributed by atoms with Crippen LogP contribution in [0.1, 0.15) is 30.1 Å². The van der Waals surface area contributed by atoms with Gasteiger partial charge in [0.25, 0.3) is 0 Å². The molecule has 0 fully saturated rings. The number of carbonyl (C=O) groups excluding carboxylic acids is 1. The predicted molar refractivity (Wildman–Crippen MR) is 104 cm³/mol. The number of hydroxylamine groups is 2. The van der Waals surface area contributed by atoms with Gasteiger partial charge < -0.3 is 9.84 Å². The summed E-state index contributed by atoms with van der Waals surface area (Å²) in [6.45, 7) is 5.17. The maximum atomic E-state index is 14.7. The van der Waals surface area contributed by atoms with Crippen LogP contribution >= 0.6 is 11.6 Å². The van der Waals surface area contributed by atoms with Gasteiger partial charge in [-0.3, -0.25) is 10.2 Å². The van der Waals surface area contributed by atoms with Gasteiger partial charge in [0, 0.05) is 30.8 Å². The highest BCUT2D eigenvalue weighted by Gasteiger charge is 2.21. The molecule has 0 bridgehead atoms. The number of nitrogens with one attached hydrogen (secondary N) is 1. The van der Waals surface area contributed by atoms with Crippen molar-refractivity contribution in [2.24, 2.45) is 0 Å². The van der Waals surface area contributed by atoms with E-state index in [9.17, 15) is 14.4 Å². The summed E-state index contributed by atoms with van der Waals surface area (Å²) < 4.78 is 19.7. The van der Waals surface area contributed by atoms with E-state index in [1.165, 1.54) is 13.1 Å². The molecule has 0 saturated heterocycles. The van der Waals surface area contributed by atoms with E-state index in [-0.39, 0.29) is 16.4 Å². The fourth-order valence-electron chi connectivity index (χ4n) is 2.96. The van der Waals surface area contributed by atoms with Gasteiger partial charge in [0.15, 0.2) is 0 Å². The van der Waals surface area contributed by atoms with Gasteiger partial charge in [-0.1, -0.05) is 16.8 Å². The Labute approximate surface area is 171 Å². The van der Waals surface area contributed by atoms with Gasteiger partial charge in [0.1, 0.15) is 5.82 Å². The number of amides is 2. The van der Waals surface area contributed by atoms with E-state index >= 15 is 0 Å². The number of hydrogen-bond acceptors (Lipinski definition) is 6. The number of hydrogen-bond donors (Lipinski definition) is 2. The van der Waals surface area contributed by atoms with E-state index in [2.05, 4.69) is 20.4 Å². The van der Waals surface area contributed by atoms with Crippen molar-refractivity contribution in [1.82, 2.24) is 25.5 Å². The molecule has 3 rings (SSSR count). The Bertz CT molecular complexity index is 1070. The van der Waals surface area contributed by atoms with Gasteiger partial charge in [0.2, 0.25) is 11.7 Å². The molecule has 10 heteroatoms. The van der Waals surface area contributed by atoms with Crippen LogP contribution in [0.3, 0.4) is 0 Å². The third-order valence-electron chi connectivity index (χ3n) is 4.28. The first kappa shape index (κ1) is 20.7. The van der Waals surface area contributed by atoms with Crippen LogP contribution in [0, 0.1) is 19.7 Å². The smallest absolute Gasteiger partial charge is 0.339 e. The second kappa shape index (κ2) is 8.14. The number of rotatable bonds is 4. The Morgan fingerprint density at radius 3 is 2.66 bits per heavy atom. The van der Waals surface area contributed by atoms with Crippen LogP contribution in [0.4, 0.5) is 9.18 Å². The first-order chi connectivity index (χ1) is 13.7. The van der Waals surface area contributed by atoms with E-state index in [0.29, 0.717) is 27.8 Å². The van der Waals surface area contributed by atoms with Crippen molar-refractivity contribution in [3.8, 4) is 22.5 Å². The molecule has 0 radical (unpaired) electrons. The van der Waals surface area contributed by atoms with Crippen LogP contribution < -0.4 is 5.32 Å². The summed E-state index contributed by atoms with van der Waals surface area (Å²) in [5.74, 6) is -0.162. The molecule has 2 aromatic heterocycles. The average Bonchev–Trinajstić information content (AvgIpc) is 3.06. The number of halogens is 2. The van der Waals surface area contributed by atoms with Gasteiger partial charge in [0.05, 0.1) is 17.3 Å². The second-order valence-corrected chi connectivity index (χ2v) is 7.00. The summed E-state index contributed by atoms with van der Waals surface area (Å²) in [5.41, 5.74) is 2.58. The first-order valence-corrected chi connectivity index (χ1v) is 9.05. The van der Waals surface area contributed by atoms with Crippen molar-refractivity contribution in [3.63, 3.8) is 0 Å². The molecular weight excluding hydrogens is 401 g/mol. The van der Waals surface area contributed by atoms with Crippen LogP contribution in [0.25, 0.3) is 22.5 Å². The molecule has 3 aromatic rings. The van der Waals surface area contributed by atoms with Gasteiger partial charge in [-0.05, 0) is 43.2 Å². The minimum Gasteiger partial charge on any atom is -0.339 e. The summed E-state index contributed by atoms with van der Waals surface area (Å²) >= 11 is 6.07. The van der Waals surface area contributed by atoms with E-state index in [1.807, 2.05) is 6.92 Å². The third kappa shape index (κ3) is 4.36. The van der Waals surface area contributed by atoms with Gasteiger partial charge in [-0.25, -0.2) is 14.2 Å². The number of carbonyl (C=O) groups is 1. The van der Waals surface area contributed by atoms with Gasteiger partial charge >= 0.3 is 6.03 Å². The molecular formula is C19H19ClFN5O3. The molecule has 1 atom stereocenters. The average molecular weight is 420 g/mol. The number of pyridine rings is 1. The largest absolute Gasteiger partial charge is 0.341 e. The van der Waals surface area contributed by atoms with Crippen molar-refractivity contribution >= 4 is 17.6 Å². The zero-order chi connectivity index (χ0) is 21.3. The number of aromatic nitrogens is 3. The van der Waals surface area contributed by atoms with Crippen LogP contribution in [0.2, 0.25) is 5.02 Å². The Kier molecular flexibility index (Phi) is 5.81. The van der Waals surface area contributed by atoms with Crippen molar-refractivity contribution < 1.29 is 18.9 Å². The molecule has 0 spiro atoms. The van der Waals surface area contributed by atoms with Crippen molar-refractivity contribution in [1.29, 1.82) is 0 Å². The molecule has 0 saturated carbocycles. The van der Waals surface area contributed by atoms with Gasteiger partial charge in [-0.2, -0.15) is 4.98 Å². The molecule has 8 nitrogen and oxygen atoms in total. The molecule has 152 valence electrons. The Balaban J connectivity index is 2.04. The minimum atomic E-state index is -0.658. The molecule has 1 aromatic carbocycles. The topological polar surface area (TPSA) is 104 Å². The molecule has 0 aliphatic carbocycles. The standard InChI is InChI=1S/C19H19ClFN5O3/c1-9-5-12(8-22-17(9)10(2)23-19(27)26(4)28)14-6-13(20)7-15(21)16(14)18-24-11(3)29-25-18/h5-8,10,28H,1-4H3,(H,23,27). The van der Waals surface area contributed by atoms with E-state index in [4.69, 9.17) is 16.1 Å². The molecule has 29 heavy (non-hydrogen) atoms. The Morgan fingerprint density at radius 1 is 1.34 bits per heavy atom. The Morgan fingerprint density at radius 2 is 2.07 bits per heavy atom. The maximum absolute atomic E-state index is 14.7. The maximum Gasteiger partial charge on any atom is 0.341 e. The van der Waals surface area contributed by atoms with Crippen LogP contribution in [0.5, 0.6) is 0 Å². The monoisotopic (exact) mass is 419 g/mol. The fraction of sp³-hybridized carbons (Fsp3) is 0.263. The molecule has 0 aliphatic rings. The zero-order valence-corrected chi connectivity index (χ0v) is 17.0. The highest BCUT2D eigenvalue weighted by molar-refractivity contribution is 6.31. The van der Waals surface area contributed by atoms with Crippen LogP contribution in [0.15, 0.2) is 28.9 Å². The summed E-state index contributed by atoms with van der Waals surface area (Å²) in [5, 5.41) is 16.3. The summed E-state index contributed by atoms with van der Waals surface area (Å²) in [6, 6.07) is 3.48. The lowest BCUT2D eigenvalue weighted by Crippen LogP contribution is -2.37. The number of nitrogens with zero attached hydrogens (tertiary/aromatic N) is 4. The summed E-state index contributed by atoms with van der Waals surface area (Å²) in [7, 11) is 1.22. The lowest BCUT2D eigenvalue weighted by atomic mass is 9.97. The lowest BCUT2D eigenvalue weighted by Gasteiger charge is -2.18. The van der Waals surface area contributed by atoms with Crippen molar-refractivity contribution in [2.75, 3.05) is 7.05 Å². The fourth-order valence-corrected chi connectivity index (χ4v) is 3.17. The van der Waals surface area contributed by atoms with Crippen molar-refractivity contribution in [3.05, 3.63) is 52.4 Å². The second-order valence-electron chi connectivity index (χ2n) is 6.57. The minimum absolute atomic E-state index is 0.111. The predicted octanol–water partition coefficient (Wildman–Crippen LogP) is 4.30. The molecule has 2 heterocycles. The molecule has 1 unspecified atom stereocenters. The number of aryl methyl sites for hydroxylation is 2. The van der Waals surface area contributed by atoms with Crippen LogP contribution in [-0.2, 0) is 0 Å². The normalized spacial score (nSPS) is 12.0. The van der Waals surface area contributed by atoms with Crippen LogP contribution in [-0.4, -0.2) is 38.5 Å². The molecule has 2 N–H and O–H groups in total. The first-order valence-electron chi connectivity index (χ1n) is 8.67. The molecule has 2 amide bonds. The summed E-state index contributed by atoms with van der Waals surface area (Å²) in [4.78, 5) is 20.2. The zero-order valence-electron chi connectivity index (χ0n) is 16.2. The number of urea groups is 1. The quantitative estimate of drug-likeness (QED) is 0.482. The number of benzene rings is 1. The third-order valence-corrected chi connectivity index (χ3v) is 4.50. The highest BCUT2D eigenvalue weighted by Crippen LogP contribution is 2.36. The van der Waals surface area contributed by atoms with E-state index < -0.39 is 17.9 Å². The molecule has 0 aliphatic heterocycles. The van der Waals surface area contributed by atoms with E-state index in [1.54, 1.807) is 32.2 Å². The highest BCUT2D eigenvalue weighted by atomic mass is 35.5. The summed E-state index contributed by atoms with van der Waals surface area (Å²) in [6.07, 6.45) is 1.55. The van der Waals surface area contributed by atoms with E-state index in [0.717, 1.165) is 5.56 Å². The van der Waals surface area contributed by atoms with Crippen molar-refractivity contribution in [2.45, 2.75) is 26.8 Å². The van der Waals surface area contributed by atoms with Gasteiger partial charge in [-0.15, -0.1) is 0 Å². The Hall–Kier alpha value is -3.04. The SMILES string of the molecule is Cc1nc(-c2c(F)cc(Cl)cc2-c2cnc(C(C)NC(=O)N(C)O)c(C)c2)no1. The lowest BCUT2D eigenvalue weighted by molar-refractivity contribution is -0.0193.